The molecule has 4 heteroatoms. The van der Waals surface area contributed by atoms with Crippen molar-refractivity contribution in [2.75, 3.05) is 0 Å². The normalized spacial score (nSPS) is 25.9. The molecule has 4 fully saturated rings. The van der Waals surface area contributed by atoms with E-state index in [2.05, 4.69) is 66.7 Å². The second-order valence-electron chi connectivity index (χ2n) is 14.6. The molecule has 4 nitrogen and oxygen atoms in total. The second-order valence-corrected chi connectivity index (χ2v) is 14.6. The van der Waals surface area contributed by atoms with Crippen LogP contribution < -0.4 is 0 Å². The fourth-order valence-electron chi connectivity index (χ4n) is 10.3. The highest BCUT2D eigenvalue weighted by Gasteiger charge is 2.77. The van der Waals surface area contributed by atoms with Gasteiger partial charge in [0.05, 0.1) is 11.6 Å². The molecule has 3 unspecified atom stereocenters. The molecule has 230 valence electrons. The molecule has 48 heavy (non-hydrogen) atoms. The summed E-state index contributed by atoms with van der Waals surface area (Å²) in [6, 6.07) is 46.3. The molecule has 5 aromatic carbocycles. The van der Waals surface area contributed by atoms with E-state index in [1.807, 2.05) is 66.7 Å². The zero-order valence-electron chi connectivity index (χ0n) is 26.7. The molecule has 1 aromatic heterocycles. The van der Waals surface area contributed by atoms with E-state index in [9.17, 15) is 5.26 Å². The highest BCUT2D eigenvalue weighted by atomic mass is 15.0. The van der Waals surface area contributed by atoms with E-state index in [1.54, 1.807) is 5.56 Å². The van der Waals surface area contributed by atoms with Gasteiger partial charge >= 0.3 is 0 Å². The summed E-state index contributed by atoms with van der Waals surface area (Å²) in [5.74, 6) is 4.90. The summed E-state index contributed by atoms with van der Waals surface area (Å²) in [7, 11) is 0. The summed E-state index contributed by atoms with van der Waals surface area (Å²) in [6.07, 6.45) is 7.20. The van der Waals surface area contributed by atoms with Crippen LogP contribution in [0, 0.1) is 34.5 Å². The van der Waals surface area contributed by atoms with Gasteiger partial charge in [-0.2, -0.15) is 5.26 Å². The summed E-state index contributed by atoms with van der Waals surface area (Å²) in [5, 5.41) is 9.36. The van der Waals surface area contributed by atoms with Crippen LogP contribution in [0.15, 0.2) is 127 Å². The van der Waals surface area contributed by atoms with Crippen LogP contribution >= 0.6 is 0 Å². The Kier molecular flexibility index (Phi) is 5.94. The number of fused-ring (bicyclic) bond motifs is 1. The van der Waals surface area contributed by atoms with Gasteiger partial charge in [0.15, 0.2) is 17.5 Å². The van der Waals surface area contributed by atoms with Crippen molar-refractivity contribution in [1.29, 1.82) is 5.26 Å². The Bertz CT molecular complexity index is 2230. The number of rotatable bonds is 6. The molecule has 4 saturated carbocycles. The summed E-state index contributed by atoms with van der Waals surface area (Å²) in [6.45, 7) is 0. The van der Waals surface area contributed by atoms with Crippen LogP contribution in [0.5, 0.6) is 0 Å². The van der Waals surface area contributed by atoms with Crippen molar-refractivity contribution in [3.63, 3.8) is 0 Å². The summed E-state index contributed by atoms with van der Waals surface area (Å²) >= 11 is 0. The van der Waals surface area contributed by atoms with Gasteiger partial charge in [0.2, 0.25) is 0 Å². The van der Waals surface area contributed by atoms with Crippen LogP contribution in [-0.4, -0.2) is 15.0 Å². The van der Waals surface area contributed by atoms with E-state index in [0.717, 1.165) is 56.5 Å². The Hall–Kier alpha value is -5.40. The molecule has 6 aromatic rings. The second kappa shape index (κ2) is 10.3. The predicted octanol–water partition coefficient (Wildman–Crippen LogP) is 10.2. The Labute approximate surface area is 281 Å². The van der Waals surface area contributed by atoms with Crippen LogP contribution in [0.4, 0.5) is 0 Å². The van der Waals surface area contributed by atoms with Crippen LogP contribution in [0.2, 0.25) is 0 Å². The number of nitriles is 1. The predicted molar refractivity (Wildman–Crippen MR) is 189 cm³/mol. The van der Waals surface area contributed by atoms with Gasteiger partial charge in [-0.05, 0) is 101 Å². The average Bonchev–Trinajstić information content (AvgIpc) is 3.65. The van der Waals surface area contributed by atoms with Gasteiger partial charge in [0, 0.05) is 16.7 Å². The van der Waals surface area contributed by atoms with Crippen LogP contribution in [0.3, 0.4) is 0 Å². The van der Waals surface area contributed by atoms with Gasteiger partial charge in [-0.3, -0.25) is 0 Å². The lowest BCUT2D eigenvalue weighted by molar-refractivity contribution is -0.175. The molecule has 2 bridgehead atoms. The molecule has 0 amide bonds. The van der Waals surface area contributed by atoms with Gasteiger partial charge in [0.25, 0.3) is 0 Å². The van der Waals surface area contributed by atoms with E-state index in [1.165, 1.54) is 37.7 Å². The third-order valence-corrected chi connectivity index (χ3v) is 12.5. The largest absolute Gasteiger partial charge is 0.208 e. The van der Waals surface area contributed by atoms with Gasteiger partial charge in [-0.25, -0.2) is 15.0 Å². The monoisotopic (exact) mass is 618 g/mol. The fraction of sp³-hybridized carbons (Fsp3) is 0.227. The van der Waals surface area contributed by atoms with Gasteiger partial charge in [-0.1, -0.05) is 115 Å². The Morgan fingerprint density at radius 2 is 1.00 bits per heavy atom. The number of nitrogens with zero attached hydrogens (tertiary/aromatic N) is 4. The molecule has 4 aliphatic carbocycles. The molecule has 0 aliphatic heterocycles. The molecule has 0 saturated heterocycles. The molecule has 1 spiro atoms. The summed E-state index contributed by atoms with van der Waals surface area (Å²) in [5.41, 5.74) is 10.5. The minimum atomic E-state index is 0.397. The minimum Gasteiger partial charge on any atom is -0.208 e. The first-order valence-electron chi connectivity index (χ1n) is 17.3. The highest BCUT2D eigenvalue weighted by molar-refractivity contribution is 5.84. The summed E-state index contributed by atoms with van der Waals surface area (Å²) < 4.78 is 0. The van der Waals surface area contributed by atoms with Crippen molar-refractivity contribution < 1.29 is 0 Å². The first-order chi connectivity index (χ1) is 23.6. The number of aromatic nitrogens is 3. The smallest absolute Gasteiger partial charge is 0.164 e. The lowest BCUT2D eigenvalue weighted by Crippen LogP contribution is -2.59. The molecule has 0 N–H and O–H groups in total. The first kappa shape index (κ1) is 27.7. The Morgan fingerprint density at radius 1 is 0.500 bits per heavy atom. The topological polar surface area (TPSA) is 62.5 Å². The minimum absolute atomic E-state index is 0.397. The van der Waals surface area contributed by atoms with E-state index >= 15 is 0 Å². The first-order valence-corrected chi connectivity index (χ1v) is 17.3. The maximum Gasteiger partial charge on any atom is 0.164 e. The van der Waals surface area contributed by atoms with Gasteiger partial charge in [0.1, 0.15) is 0 Å². The van der Waals surface area contributed by atoms with Crippen molar-refractivity contribution in [3.8, 4) is 62.5 Å². The Balaban J connectivity index is 1.07. The molecule has 5 atom stereocenters. The standard InChI is InChI=1S/C44H34N4/c45-26-28-14-16-29(17-15-28)36-10-4-6-12-38(36)41-46-40(31-8-2-1-3-9-31)47-42(48-41)39-13-7-5-11-37(39)30-18-20-32(21-19-30)43-24-34-22-33-23-35(25-43)44(33,34)27-43/h1-21,33-35H,22-25,27H2/t33?,34-,35+,43?,44?. The molecular weight excluding hydrogens is 585 g/mol. The fourth-order valence-corrected chi connectivity index (χ4v) is 10.3. The van der Waals surface area contributed by atoms with E-state index in [-0.39, 0.29) is 0 Å². The summed E-state index contributed by atoms with van der Waals surface area (Å²) in [4.78, 5) is 15.3. The van der Waals surface area contributed by atoms with Crippen LogP contribution in [0.1, 0.15) is 43.2 Å². The quantitative estimate of drug-likeness (QED) is 0.186. The third-order valence-electron chi connectivity index (χ3n) is 12.5. The number of hydrogen-bond acceptors (Lipinski definition) is 4. The van der Waals surface area contributed by atoms with Crippen molar-refractivity contribution in [1.82, 2.24) is 15.0 Å². The highest BCUT2D eigenvalue weighted by Crippen LogP contribution is 2.84. The van der Waals surface area contributed by atoms with E-state index < -0.39 is 0 Å². The molecule has 10 rings (SSSR count). The SMILES string of the molecule is N#Cc1ccc(-c2ccccc2-c2nc(-c3ccccc3)nc(-c3ccccc3-c3ccc(C45C[C@H]6CC7C[C@@H](C4)C76C5)cc3)n2)cc1. The average molecular weight is 619 g/mol. The zero-order chi connectivity index (χ0) is 31.9. The molecular formula is C44H34N4. The maximum atomic E-state index is 9.36. The lowest BCUT2D eigenvalue weighted by Gasteiger charge is -2.66. The van der Waals surface area contributed by atoms with Gasteiger partial charge < -0.3 is 0 Å². The zero-order valence-corrected chi connectivity index (χ0v) is 26.7. The third kappa shape index (κ3) is 3.97. The maximum absolute atomic E-state index is 9.36. The lowest BCUT2D eigenvalue weighted by atomic mass is 9.38. The van der Waals surface area contributed by atoms with E-state index in [4.69, 9.17) is 15.0 Å². The van der Waals surface area contributed by atoms with Crippen molar-refractivity contribution in [2.45, 2.75) is 37.5 Å². The number of hydrogen-bond donors (Lipinski definition) is 0. The van der Waals surface area contributed by atoms with Crippen LogP contribution in [0.25, 0.3) is 56.4 Å². The van der Waals surface area contributed by atoms with Crippen molar-refractivity contribution in [2.24, 2.45) is 23.2 Å². The van der Waals surface area contributed by atoms with Crippen LogP contribution in [-0.2, 0) is 5.41 Å². The number of benzene rings is 5. The molecule has 0 radical (unpaired) electrons. The van der Waals surface area contributed by atoms with Crippen molar-refractivity contribution in [3.05, 3.63) is 139 Å². The van der Waals surface area contributed by atoms with Gasteiger partial charge in [-0.15, -0.1) is 0 Å². The molecule has 1 heterocycles. The Morgan fingerprint density at radius 3 is 1.52 bits per heavy atom. The van der Waals surface area contributed by atoms with E-state index in [0.29, 0.717) is 28.5 Å². The van der Waals surface area contributed by atoms with Crippen molar-refractivity contribution >= 4 is 0 Å². The molecule has 4 aliphatic rings.